The van der Waals surface area contributed by atoms with Gasteiger partial charge in [-0.25, -0.2) is 0 Å². The fourth-order valence-electron chi connectivity index (χ4n) is 7.07. The van der Waals surface area contributed by atoms with Gasteiger partial charge in [0.05, 0.1) is 19.7 Å². The maximum atomic E-state index is 13.2. The summed E-state index contributed by atoms with van der Waals surface area (Å²) in [7, 11) is 3.30. The Morgan fingerprint density at radius 1 is 1.00 bits per heavy atom. The highest BCUT2D eigenvalue weighted by atomic mass is 35.5. The zero-order valence-electron chi connectivity index (χ0n) is 29.0. The van der Waals surface area contributed by atoms with Gasteiger partial charge in [-0.3, -0.25) is 29.6 Å². The summed E-state index contributed by atoms with van der Waals surface area (Å²) in [4.78, 5) is 51.2. The molecule has 1 unspecified atom stereocenters. The minimum atomic E-state index is -0.409. The lowest BCUT2D eigenvalue weighted by Gasteiger charge is -2.32. The van der Waals surface area contributed by atoms with E-state index < -0.39 is 6.04 Å². The van der Waals surface area contributed by atoms with Gasteiger partial charge in [0.15, 0.2) is 0 Å². The van der Waals surface area contributed by atoms with E-state index in [2.05, 4.69) is 38.3 Å². The van der Waals surface area contributed by atoms with Crippen LogP contribution in [0, 0.1) is 0 Å². The highest BCUT2D eigenvalue weighted by Crippen LogP contribution is 2.36. The summed E-state index contributed by atoms with van der Waals surface area (Å²) >= 11 is 6.80. The van der Waals surface area contributed by atoms with Gasteiger partial charge in [0.1, 0.15) is 17.3 Å². The van der Waals surface area contributed by atoms with Crippen LogP contribution in [0.4, 0.5) is 11.4 Å². The molecule has 0 saturated carbocycles. The Hall–Kier alpha value is -5.62. The van der Waals surface area contributed by atoms with E-state index in [1.54, 1.807) is 26.6 Å². The van der Waals surface area contributed by atoms with Gasteiger partial charge in [-0.15, -0.1) is 0 Å². The molecule has 5 aromatic rings. The van der Waals surface area contributed by atoms with Crippen molar-refractivity contribution >= 4 is 51.6 Å². The lowest BCUT2D eigenvalue weighted by Crippen LogP contribution is -2.47. The third-order valence-electron chi connectivity index (χ3n) is 10.1. The van der Waals surface area contributed by atoms with Gasteiger partial charge in [0.25, 0.3) is 5.56 Å². The Bertz CT molecular complexity index is 2190. The molecule has 52 heavy (non-hydrogen) atoms. The summed E-state index contributed by atoms with van der Waals surface area (Å²) < 4.78 is 7.25. The number of hydrogen-bond acceptors (Lipinski definition) is 8. The number of carbonyl (C=O) groups is 3. The maximum absolute atomic E-state index is 13.2. The van der Waals surface area contributed by atoms with Crippen molar-refractivity contribution in [3.05, 3.63) is 105 Å². The summed E-state index contributed by atoms with van der Waals surface area (Å²) in [5.41, 5.74) is 6.58. The molecule has 0 spiro atoms. The predicted molar refractivity (Wildman–Crippen MR) is 201 cm³/mol. The van der Waals surface area contributed by atoms with E-state index in [-0.39, 0.29) is 23.3 Å². The number of rotatable bonds is 10. The molecule has 4 N–H and O–H groups in total. The third kappa shape index (κ3) is 7.38. The number of methoxy groups -OCH3 is 1. The number of piperidine rings is 2. The number of H-pyrrole nitrogens is 1. The highest BCUT2D eigenvalue weighted by Gasteiger charge is 2.27. The molecule has 2 aliphatic heterocycles. The molecule has 2 fully saturated rings. The fourth-order valence-corrected chi connectivity index (χ4v) is 7.34. The van der Waals surface area contributed by atoms with Gasteiger partial charge in [-0.05, 0) is 78.3 Å². The van der Waals surface area contributed by atoms with E-state index in [9.17, 15) is 19.2 Å². The number of nitrogens with one attached hydrogen (secondary N) is 4. The molecular formula is C39H40ClN7O5. The van der Waals surface area contributed by atoms with Crippen LogP contribution in [-0.4, -0.2) is 63.6 Å². The first-order chi connectivity index (χ1) is 25.2. The van der Waals surface area contributed by atoms with Crippen LogP contribution in [0.15, 0.2) is 77.9 Å². The number of carbonyl (C=O) groups excluding carboxylic acids is 3. The predicted octanol–water partition coefficient (Wildman–Crippen LogP) is 5.37. The Labute approximate surface area is 305 Å². The average Bonchev–Trinajstić information content (AvgIpc) is 3.65. The molecule has 4 heterocycles. The van der Waals surface area contributed by atoms with Crippen LogP contribution < -0.4 is 26.2 Å². The monoisotopic (exact) mass is 721 g/mol. The number of aromatic nitrogens is 3. The number of likely N-dealkylation sites (tertiary alicyclic amines) is 1. The second-order valence-electron chi connectivity index (χ2n) is 13.4. The van der Waals surface area contributed by atoms with E-state index in [0.717, 1.165) is 46.5 Å². The van der Waals surface area contributed by atoms with E-state index in [1.807, 2.05) is 53.4 Å². The van der Waals surface area contributed by atoms with Crippen LogP contribution in [0.5, 0.6) is 5.75 Å². The first-order valence-electron chi connectivity index (χ1n) is 17.4. The number of hydrogen-bond donors (Lipinski definition) is 4. The minimum Gasteiger partial charge on any atom is -0.496 e. The summed E-state index contributed by atoms with van der Waals surface area (Å²) in [6, 6.07) is 19.3. The summed E-state index contributed by atoms with van der Waals surface area (Å²) in [6.45, 7) is 1.83. The SMILES string of the molecule is COc1cc(-c2cn(C)c(=O)c3[nH]ncc23)cc(Cl)c1CNc1ccc(CC(=O)N2CCC(c3ccc(NC4CCC(=O)NC4=O)cc3)CC2)cc1. The third-order valence-corrected chi connectivity index (χ3v) is 10.4. The van der Waals surface area contributed by atoms with Crippen molar-refractivity contribution in [1.29, 1.82) is 0 Å². The Kier molecular flexibility index (Phi) is 9.99. The number of amides is 3. The maximum Gasteiger partial charge on any atom is 0.276 e. The summed E-state index contributed by atoms with van der Waals surface area (Å²) in [6.07, 6.45) is 6.34. The molecule has 12 nitrogen and oxygen atoms in total. The zero-order valence-corrected chi connectivity index (χ0v) is 29.8. The first kappa shape index (κ1) is 34.8. The van der Waals surface area contributed by atoms with Crippen LogP contribution in [-0.2, 0) is 34.4 Å². The van der Waals surface area contributed by atoms with Crippen molar-refractivity contribution < 1.29 is 19.1 Å². The van der Waals surface area contributed by atoms with Crippen LogP contribution in [0.3, 0.4) is 0 Å². The highest BCUT2D eigenvalue weighted by molar-refractivity contribution is 6.32. The molecule has 2 aliphatic rings. The molecule has 0 bridgehead atoms. The number of fused-ring (bicyclic) bond motifs is 1. The number of aromatic amines is 1. The number of aryl methyl sites for hydroxylation is 1. The van der Waals surface area contributed by atoms with Gasteiger partial charge in [0, 0.05) is 72.2 Å². The van der Waals surface area contributed by atoms with Crippen molar-refractivity contribution in [1.82, 2.24) is 25.0 Å². The van der Waals surface area contributed by atoms with Gasteiger partial charge >= 0.3 is 0 Å². The van der Waals surface area contributed by atoms with Gasteiger partial charge in [-0.2, -0.15) is 5.10 Å². The number of nitrogens with zero attached hydrogens (tertiary/aromatic N) is 3. The summed E-state index contributed by atoms with van der Waals surface area (Å²) in [5, 5.41) is 17.1. The molecule has 1 atom stereocenters. The Morgan fingerprint density at radius 3 is 2.44 bits per heavy atom. The molecule has 7 rings (SSSR count). The number of pyridine rings is 1. The van der Waals surface area contributed by atoms with Crippen molar-refractivity contribution in [3.8, 4) is 16.9 Å². The minimum absolute atomic E-state index is 0.116. The Balaban J connectivity index is 0.910. The van der Waals surface area contributed by atoms with Crippen LogP contribution in [0.1, 0.15) is 48.3 Å². The number of benzene rings is 3. The van der Waals surface area contributed by atoms with Crippen molar-refractivity contribution in [2.75, 3.05) is 30.8 Å². The van der Waals surface area contributed by atoms with Crippen molar-refractivity contribution in [2.45, 2.75) is 50.6 Å². The zero-order chi connectivity index (χ0) is 36.4. The second kappa shape index (κ2) is 14.9. The quantitative estimate of drug-likeness (QED) is 0.141. The van der Waals surface area contributed by atoms with Gasteiger partial charge in [-0.1, -0.05) is 35.9 Å². The van der Waals surface area contributed by atoms with E-state index in [4.69, 9.17) is 16.3 Å². The van der Waals surface area contributed by atoms with E-state index in [0.29, 0.717) is 66.5 Å². The smallest absolute Gasteiger partial charge is 0.276 e. The standard InChI is InChI=1S/C39H40ClN7O5/c1-46-22-31(29-21-42-45-37(29)39(46)51)26-18-32(40)30(34(19-26)52-2)20-41-27-7-3-23(4-8-27)17-36(49)47-15-13-25(14-16-47)24-5-9-28(10-6-24)43-33-11-12-35(48)44-38(33)50/h3-10,18-19,21-22,25,33,41,43H,11-17,20H2,1-2H3,(H,42,45)(H,44,48,50). The number of imide groups is 1. The number of anilines is 2. The average molecular weight is 722 g/mol. The van der Waals surface area contributed by atoms with Crippen molar-refractivity contribution in [3.63, 3.8) is 0 Å². The molecule has 2 aromatic heterocycles. The van der Waals surface area contributed by atoms with Gasteiger partial charge < -0.3 is 24.8 Å². The fraction of sp³-hybridized carbons (Fsp3) is 0.308. The lowest BCUT2D eigenvalue weighted by atomic mass is 9.89. The molecule has 3 amide bonds. The van der Waals surface area contributed by atoms with E-state index in [1.165, 1.54) is 10.1 Å². The Morgan fingerprint density at radius 2 is 1.73 bits per heavy atom. The topological polar surface area (TPSA) is 150 Å². The lowest BCUT2D eigenvalue weighted by molar-refractivity contribution is -0.134. The van der Waals surface area contributed by atoms with E-state index >= 15 is 0 Å². The molecule has 268 valence electrons. The molecule has 0 aliphatic carbocycles. The number of ether oxygens (including phenoxy) is 1. The van der Waals surface area contributed by atoms with Gasteiger partial charge in [0.2, 0.25) is 17.7 Å². The molecular weight excluding hydrogens is 682 g/mol. The van der Waals surface area contributed by atoms with Crippen molar-refractivity contribution in [2.24, 2.45) is 7.05 Å². The first-order valence-corrected chi connectivity index (χ1v) is 17.7. The summed E-state index contributed by atoms with van der Waals surface area (Å²) in [5.74, 6) is 0.585. The van der Waals surface area contributed by atoms with Crippen LogP contribution in [0.2, 0.25) is 5.02 Å². The molecule has 0 radical (unpaired) electrons. The molecule has 2 saturated heterocycles. The largest absolute Gasteiger partial charge is 0.496 e. The van der Waals surface area contributed by atoms with Crippen LogP contribution in [0.25, 0.3) is 22.0 Å². The molecule has 13 heteroatoms. The number of halogens is 1. The van der Waals surface area contributed by atoms with Crippen LogP contribution >= 0.6 is 11.6 Å². The normalized spacial score (nSPS) is 16.5. The second-order valence-corrected chi connectivity index (χ2v) is 13.8. The molecule has 3 aromatic carbocycles.